The number of benzene rings is 1. The summed E-state index contributed by atoms with van der Waals surface area (Å²) in [6, 6.07) is 8.29. The molecule has 0 saturated carbocycles. The van der Waals surface area contributed by atoms with E-state index in [9.17, 15) is 18.0 Å². The quantitative estimate of drug-likeness (QED) is 0.938. The molecule has 0 radical (unpaired) electrons. The second kappa shape index (κ2) is 5.00. The van der Waals surface area contributed by atoms with Gasteiger partial charge >= 0.3 is 12.1 Å². The van der Waals surface area contributed by atoms with E-state index in [0.717, 1.165) is 0 Å². The number of thiazole rings is 1. The lowest BCUT2D eigenvalue weighted by Crippen LogP contribution is -2.11. The van der Waals surface area contributed by atoms with Gasteiger partial charge in [0.1, 0.15) is 9.88 Å². The van der Waals surface area contributed by atoms with E-state index in [1.807, 2.05) is 0 Å². The molecule has 0 unspecified atom stereocenters. The lowest BCUT2D eigenvalue weighted by Gasteiger charge is -2.01. The number of carboxylic acids is 1. The molecule has 0 aliphatic heterocycles. The topological polar surface area (TPSA) is 50.2 Å². The van der Waals surface area contributed by atoms with Crippen molar-refractivity contribution in [2.75, 3.05) is 0 Å². The molecule has 2 rings (SSSR count). The average molecular weight is 287 g/mol. The Kier molecular flexibility index (Phi) is 3.57. The summed E-state index contributed by atoms with van der Waals surface area (Å²) < 4.78 is 36.9. The number of rotatable bonds is 3. The molecule has 2 aromatic rings. The first kappa shape index (κ1) is 13.5. The summed E-state index contributed by atoms with van der Waals surface area (Å²) in [7, 11) is 0. The molecule has 0 aliphatic rings. The van der Waals surface area contributed by atoms with Gasteiger partial charge in [-0.2, -0.15) is 13.2 Å². The minimum Gasteiger partial charge on any atom is -0.477 e. The van der Waals surface area contributed by atoms with Gasteiger partial charge in [-0.15, -0.1) is 11.3 Å². The van der Waals surface area contributed by atoms with Gasteiger partial charge in [0.25, 0.3) is 0 Å². The maximum atomic E-state index is 12.3. The van der Waals surface area contributed by atoms with Crippen molar-refractivity contribution in [2.24, 2.45) is 0 Å². The molecular formula is C12H8F3NO2S. The maximum Gasteiger partial charge on any atom is 0.395 e. The van der Waals surface area contributed by atoms with E-state index in [1.54, 1.807) is 30.3 Å². The number of carboxylic acid groups (broad SMARTS) is 1. The van der Waals surface area contributed by atoms with Crippen molar-refractivity contribution in [1.29, 1.82) is 0 Å². The summed E-state index contributed by atoms with van der Waals surface area (Å²) in [6.07, 6.45) is -5.62. The van der Waals surface area contributed by atoms with E-state index in [-0.39, 0.29) is 15.6 Å². The predicted octanol–water partition coefficient (Wildman–Crippen LogP) is 3.61. The van der Waals surface area contributed by atoms with Crippen LogP contribution in [-0.2, 0) is 6.42 Å². The Morgan fingerprint density at radius 3 is 2.42 bits per heavy atom. The van der Waals surface area contributed by atoms with Gasteiger partial charge in [-0.25, -0.2) is 9.78 Å². The highest BCUT2D eigenvalue weighted by molar-refractivity contribution is 7.14. The number of carbonyl (C=O) groups is 1. The third kappa shape index (κ3) is 3.31. The molecule has 1 N–H and O–H groups in total. The van der Waals surface area contributed by atoms with Crippen LogP contribution >= 0.6 is 11.3 Å². The van der Waals surface area contributed by atoms with Crippen molar-refractivity contribution in [3.8, 4) is 11.3 Å². The lowest BCUT2D eigenvalue weighted by atomic mass is 10.1. The van der Waals surface area contributed by atoms with Gasteiger partial charge < -0.3 is 5.11 Å². The molecule has 3 nitrogen and oxygen atoms in total. The number of halogens is 3. The second-order valence-electron chi connectivity index (χ2n) is 3.75. The van der Waals surface area contributed by atoms with Crippen molar-refractivity contribution in [3.05, 3.63) is 40.2 Å². The van der Waals surface area contributed by atoms with Crippen LogP contribution in [0.5, 0.6) is 0 Å². The summed E-state index contributed by atoms with van der Waals surface area (Å²) in [6.45, 7) is 0. The molecule has 100 valence electrons. The van der Waals surface area contributed by atoms with Gasteiger partial charge in [0.05, 0.1) is 12.1 Å². The Hall–Kier alpha value is -1.89. The molecule has 0 spiro atoms. The van der Waals surface area contributed by atoms with Crippen molar-refractivity contribution >= 4 is 17.3 Å². The summed E-state index contributed by atoms with van der Waals surface area (Å²) >= 11 is 0.559. The first-order valence-electron chi connectivity index (χ1n) is 5.22. The number of hydrogen-bond acceptors (Lipinski definition) is 3. The molecule has 0 atom stereocenters. The first-order valence-corrected chi connectivity index (χ1v) is 6.03. The summed E-state index contributed by atoms with van der Waals surface area (Å²) in [5.41, 5.74) is 0.571. The van der Waals surface area contributed by atoms with E-state index >= 15 is 0 Å². The first-order chi connectivity index (χ1) is 8.87. The summed E-state index contributed by atoms with van der Waals surface area (Å²) in [5.74, 6) is -1.27. The standard InChI is InChI=1S/C12H8F3NO2S/c13-12(14,15)6-8-16-9(10(19-8)11(17)18)7-4-2-1-3-5-7/h1-5H,6H2,(H,17,18). The van der Waals surface area contributed by atoms with Crippen LogP contribution in [0.2, 0.25) is 0 Å². The molecule has 0 amide bonds. The number of hydrogen-bond donors (Lipinski definition) is 1. The van der Waals surface area contributed by atoms with Crippen LogP contribution in [0.15, 0.2) is 30.3 Å². The highest BCUT2D eigenvalue weighted by Crippen LogP contribution is 2.31. The SMILES string of the molecule is O=C(O)c1sc(CC(F)(F)F)nc1-c1ccccc1. The molecule has 1 aromatic heterocycles. The number of nitrogens with zero attached hydrogens (tertiary/aromatic N) is 1. The Morgan fingerprint density at radius 2 is 1.89 bits per heavy atom. The predicted molar refractivity (Wildman–Crippen MR) is 64.3 cm³/mol. The van der Waals surface area contributed by atoms with Gasteiger partial charge in [-0.05, 0) is 0 Å². The van der Waals surface area contributed by atoms with Crippen LogP contribution in [0.1, 0.15) is 14.7 Å². The molecule has 1 aromatic carbocycles. The van der Waals surface area contributed by atoms with E-state index in [4.69, 9.17) is 5.11 Å². The highest BCUT2D eigenvalue weighted by atomic mass is 32.1. The van der Waals surface area contributed by atoms with Crippen LogP contribution in [0.4, 0.5) is 13.2 Å². The Bertz CT molecular complexity index is 593. The molecule has 1 heterocycles. The van der Waals surface area contributed by atoms with Crippen LogP contribution in [0, 0.1) is 0 Å². The number of alkyl halides is 3. The minimum atomic E-state index is -4.40. The maximum absolute atomic E-state index is 12.3. The number of aromatic carboxylic acids is 1. The van der Waals surface area contributed by atoms with Crippen LogP contribution in [-0.4, -0.2) is 22.2 Å². The van der Waals surface area contributed by atoms with Gasteiger partial charge in [0.2, 0.25) is 0 Å². The fourth-order valence-corrected chi connectivity index (χ4v) is 2.50. The molecule has 0 aliphatic carbocycles. The smallest absolute Gasteiger partial charge is 0.395 e. The fourth-order valence-electron chi connectivity index (χ4n) is 1.55. The van der Waals surface area contributed by atoms with Crippen molar-refractivity contribution in [3.63, 3.8) is 0 Å². The summed E-state index contributed by atoms with van der Waals surface area (Å²) in [5, 5.41) is 8.78. The van der Waals surface area contributed by atoms with Crippen molar-refractivity contribution < 1.29 is 23.1 Å². The molecule has 19 heavy (non-hydrogen) atoms. The van der Waals surface area contributed by atoms with Crippen LogP contribution in [0.3, 0.4) is 0 Å². The number of aromatic nitrogens is 1. The Morgan fingerprint density at radius 1 is 1.26 bits per heavy atom. The summed E-state index contributed by atoms with van der Waals surface area (Å²) in [4.78, 5) is 14.7. The zero-order chi connectivity index (χ0) is 14.0. The Labute approximate surface area is 110 Å². The average Bonchev–Trinajstić information content (AvgIpc) is 2.72. The fraction of sp³-hybridized carbons (Fsp3) is 0.167. The Balaban J connectivity index is 2.45. The zero-order valence-corrected chi connectivity index (χ0v) is 10.3. The van der Waals surface area contributed by atoms with Gasteiger partial charge in [0, 0.05) is 5.56 Å². The molecule has 0 fully saturated rings. The molecular weight excluding hydrogens is 279 g/mol. The molecule has 0 bridgehead atoms. The minimum absolute atomic E-state index is 0.0809. The third-order valence-electron chi connectivity index (χ3n) is 2.26. The normalized spacial score (nSPS) is 11.5. The van der Waals surface area contributed by atoms with Gasteiger partial charge in [-0.3, -0.25) is 0 Å². The second-order valence-corrected chi connectivity index (χ2v) is 4.83. The third-order valence-corrected chi connectivity index (χ3v) is 3.31. The molecule has 0 saturated heterocycles. The van der Waals surface area contributed by atoms with E-state index in [2.05, 4.69) is 4.98 Å². The zero-order valence-electron chi connectivity index (χ0n) is 9.44. The highest BCUT2D eigenvalue weighted by Gasteiger charge is 2.31. The lowest BCUT2D eigenvalue weighted by molar-refractivity contribution is -0.127. The van der Waals surface area contributed by atoms with Gasteiger partial charge in [0.15, 0.2) is 0 Å². The van der Waals surface area contributed by atoms with E-state index in [1.165, 1.54) is 0 Å². The largest absolute Gasteiger partial charge is 0.477 e. The van der Waals surface area contributed by atoms with Crippen LogP contribution in [0.25, 0.3) is 11.3 Å². The van der Waals surface area contributed by atoms with Crippen molar-refractivity contribution in [2.45, 2.75) is 12.6 Å². The van der Waals surface area contributed by atoms with Gasteiger partial charge in [-0.1, -0.05) is 30.3 Å². The van der Waals surface area contributed by atoms with Crippen LogP contribution < -0.4 is 0 Å². The monoisotopic (exact) mass is 287 g/mol. The van der Waals surface area contributed by atoms with E-state index in [0.29, 0.717) is 16.9 Å². The van der Waals surface area contributed by atoms with E-state index < -0.39 is 18.6 Å². The molecule has 7 heteroatoms. The van der Waals surface area contributed by atoms with Crippen molar-refractivity contribution in [1.82, 2.24) is 4.98 Å².